The third-order valence-corrected chi connectivity index (χ3v) is 5.26. The predicted octanol–water partition coefficient (Wildman–Crippen LogP) is 0.0889. The largest absolute Gasteiger partial charge is 0.409 e. The molecule has 1 aromatic rings. The van der Waals surface area contributed by atoms with Crippen molar-refractivity contribution in [2.24, 2.45) is 10.9 Å². The maximum atomic E-state index is 11.6. The van der Waals surface area contributed by atoms with Crippen LogP contribution in [0.2, 0.25) is 0 Å². The molecule has 0 amide bonds. The average Bonchev–Trinajstić information content (AvgIpc) is 2.37. The summed E-state index contributed by atoms with van der Waals surface area (Å²) in [6.07, 6.45) is 2.75. The van der Waals surface area contributed by atoms with Crippen LogP contribution in [0.5, 0.6) is 0 Å². The van der Waals surface area contributed by atoms with Gasteiger partial charge in [0.05, 0.1) is 4.75 Å². The lowest BCUT2D eigenvalue weighted by Crippen LogP contribution is -2.41. The zero-order valence-electron chi connectivity index (χ0n) is 11.8. The summed E-state index contributed by atoms with van der Waals surface area (Å²) in [6, 6.07) is 3.51. The number of pyridine rings is 1. The molecule has 8 heteroatoms. The molecule has 0 fully saturated rings. The predicted molar refractivity (Wildman–Crippen MR) is 77.4 cm³/mol. The first-order valence-electron chi connectivity index (χ1n) is 6.01. The van der Waals surface area contributed by atoms with Crippen LogP contribution in [0.25, 0.3) is 0 Å². The van der Waals surface area contributed by atoms with Crippen LogP contribution in [0, 0.1) is 0 Å². The lowest BCUT2D eigenvalue weighted by atomic mass is 10.1. The smallest absolute Gasteiger partial charge is 0.189 e. The van der Waals surface area contributed by atoms with Crippen LogP contribution in [0.4, 0.5) is 0 Å². The number of nitrogens with one attached hydrogen (secondary N) is 1. The molecular formula is C12H20N4O3S. The Morgan fingerprint density at radius 3 is 2.75 bits per heavy atom. The molecule has 0 unspecified atom stereocenters. The SMILES string of the molecule is CC(C)(CNCc1cccnc1C(N)=NO)S(C)(=O)=O. The zero-order valence-corrected chi connectivity index (χ0v) is 12.6. The standard InChI is InChI=1S/C12H20N4O3S/c1-12(2,20(3,18)19)8-14-7-9-5-4-6-15-10(9)11(13)16-17/h4-6,14,17H,7-8H2,1-3H3,(H2,13,16). The summed E-state index contributed by atoms with van der Waals surface area (Å²) in [5.41, 5.74) is 6.64. The first-order valence-corrected chi connectivity index (χ1v) is 7.90. The van der Waals surface area contributed by atoms with E-state index in [2.05, 4.69) is 15.5 Å². The van der Waals surface area contributed by atoms with E-state index in [0.717, 1.165) is 5.56 Å². The lowest BCUT2D eigenvalue weighted by molar-refractivity contribution is 0.318. The van der Waals surface area contributed by atoms with Crippen molar-refractivity contribution in [2.75, 3.05) is 12.8 Å². The van der Waals surface area contributed by atoms with Gasteiger partial charge in [-0.1, -0.05) is 11.2 Å². The van der Waals surface area contributed by atoms with E-state index in [1.165, 1.54) is 12.5 Å². The summed E-state index contributed by atoms with van der Waals surface area (Å²) in [4.78, 5) is 4.04. The minimum atomic E-state index is -3.15. The third-order valence-electron chi connectivity index (χ3n) is 3.11. The molecule has 0 aliphatic heterocycles. The molecular weight excluding hydrogens is 280 g/mol. The summed E-state index contributed by atoms with van der Waals surface area (Å²) < 4.78 is 22.3. The Bertz CT molecular complexity index is 596. The zero-order chi connectivity index (χ0) is 15.4. The minimum Gasteiger partial charge on any atom is -0.409 e. The lowest BCUT2D eigenvalue weighted by Gasteiger charge is -2.23. The molecule has 1 aromatic heterocycles. The first kappa shape index (κ1) is 16.4. The van der Waals surface area contributed by atoms with Gasteiger partial charge >= 0.3 is 0 Å². The van der Waals surface area contributed by atoms with Gasteiger partial charge in [0.15, 0.2) is 15.7 Å². The summed E-state index contributed by atoms with van der Waals surface area (Å²) >= 11 is 0. The fraction of sp³-hybridized carbons (Fsp3) is 0.500. The second-order valence-electron chi connectivity index (χ2n) is 5.13. The Morgan fingerprint density at radius 2 is 2.20 bits per heavy atom. The molecule has 0 saturated heterocycles. The Morgan fingerprint density at radius 1 is 1.55 bits per heavy atom. The quantitative estimate of drug-likeness (QED) is 0.296. The van der Waals surface area contributed by atoms with Crippen LogP contribution < -0.4 is 11.1 Å². The van der Waals surface area contributed by atoms with Crippen LogP contribution in [0.3, 0.4) is 0 Å². The van der Waals surface area contributed by atoms with Crippen molar-refractivity contribution >= 4 is 15.7 Å². The Balaban J connectivity index is 2.78. The van der Waals surface area contributed by atoms with Gasteiger partial charge in [-0.2, -0.15) is 0 Å². The van der Waals surface area contributed by atoms with Gasteiger partial charge in [0.1, 0.15) is 5.69 Å². The van der Waals surface area contributed by atoms with Gasteiger partial charge in [0.2, 0.25) is 0 Å². The van der Waals surface area contributed by atoms with E-state index in [-0.39, 0.29) is 12.4 Å². The molecule has 0 spiro atoms. The normalized spacial score (nSPS) is 13.4. The average molecular weight is 300 g/mol. The number of hydrogen-bond donors (Lipinski definition) is 3. The molecule has 0 bridgehead atoms. The van der Waals surface area contributed by atoms with Gasteiger partial charge < -0.3 is 16.3 Å². The molecule has 20 heavy (non-hydrogen) atoms. The maximum Gasteiger partial charge on any atom is 0.189 e. The monoisotopic (exact) mass is 300 g/mol. The molecule has 0 aromatic carbocycles. The summed E-state index contributed by atoms with van der Waals surface area (Å²) in [7, 11) is -3.15. The number of nitrogens with zero attached hydrogens (tertiary/aromatic N) is 2. The van der Waals surface area contributed by atoms with Crippen LogP contribution in [-0.2, 0) is 16.4 Å². The number of rotatable bonds is 6. The molecule has 1 rings (SSSR count). The highest BCUT2D eigenvalue weighted by atomic mass is 32.2. The molecule has 4 N–H and O–H groups in total. The van der Waals surface area contributed by atoms with Gasteiger partial charge in [0, 0.05) is 25.5 Å². The van der Waals surface area contributed by atoms with Crippen molar-refractivity contribution in [3.8, 4) is 0 Å². The molecule has 0 aliphatic carbocycles. The number of nitrogens with two attached hydrogens (primary N) is 1. The Labute approximate surface area is 118 Å². The van der Waals surface area contributed by atoms with E-state index >= 15 is 0 Å². The van der Waals surface area contributed by atoms with Crippen LogP contribution in [0.15, 0.2) is 23.5 Å². The van der Waals surface area contributed by atoms with Crippen molar-refractivity contribution in [1.29, 1.82) is 0 Å². The number of oxime groups is 1. The van der Waals surface area contributed by atoms with Crippen molar-refractivity contribution < 1.29 is 13.6 Å². The van der Waals surface area contributed by atoms with E-state index < -0.39 is 14.6 Å². The van der Waals surface area contributed by atoms with E-state index in [9.17, 15) is 8.42 Å². The van der Waals surface area contributed by atoms with Gasteiger partial charge in [-0.05, 0) is 25.5 Å². The van der Waals surface area contributed by atoms with Crippen molar-refractivity contribution in [3.63, 3.8) is 0 Å². The molecule has 0 aliphatic rings. The van der Waals surface area contributed by atoms with Gasteiger partial charge in [-0.15, -0.1) is 0 Å². The highest BCUT2D eigenvalue weighted by molar-refractivity contribution is 7.92. The Kier molecular flexibility index (Phi) is 5.07. The fourth-order valence-electron chi connectivity index (χ4n) is 1.49. The Hall–Kier alpha value is -1.67. The highest BCUT2D eigenvalue weighted by Gasteiger charge is 2.29. The van der Waals surface area contributed by atoms with E-state index in [1.54, 1.807) is 26.0 Å². The fourth-order valence-corrected chi connectivity index (χ4v) is 1.85. The van der Waals surface area contributed by atoms with Crippen LogP contribution >= 0.6 is 0 Å². The van der Waals surface area contributed by atoms with Crippen LogP contribution in [0.1, 0.15) is 25.1 Å². The van der Waals surface area contributed by atoms with Gasteiger partial charge in [-0.25, -0.2) is 8.42 Å². The number of hydrogen-bond acceptors (Lipinski definition) is 6. The number of sulfone groups is 1. The highest BCUT2D eigenvalue weighted by Crippen LogP contribution is 2.14. The molecule has 112 valence electrons. The number of amidine groups is 1. The minimum absolute atomic E-state index is 0.0789. The third kappa shape index (κ3) is 3.91. The topological polar surface area (TPSA) is 118 Å². The van der Waals surface area contributed by atoms with Gasteiger partial charge in [-0.3, -0.25) is 4.98 Å². The summed E-state index contributed by atoms with van der Waals surface area (Å²) in [5, 5.41) is 14.7. The maximum absolute atomic E-state index is 11.6. The van der Waals surface area contributed by atoms with Crippen molar-refractivity contribution in [3.05, 3.63) is 29.6 Å². The second-order valence-corrected chi connectivity index (χ2v) is 7.78. The molecule has 0 saturated carbocycles. The first-order chi connectivity index (χ1) is 9.19. The van der Waals surface area contributed by atoms with Crippen molar-refractivity contribution in [1.82, 2.24) is 10.3 Å². The second kappa shape index (κ2) is 6.19. The summed E-state index contributed by atoms with van der Waals surface area (Å²) in [5.74, 6) is -0.0789. The van der Waals surface area contributed by atoms with Crippen molar-refractivity contribution in [2.45, 2.75) is 25.1 Å². The number of aromatic nitrogens is 1. The molecule has 0 radical (unpaired) electrons. The van der Waals surface area contributed by atoms with Gasteiger partial charge in [0.25, 0.3) is 0 Å². The molecule has 7 nitrogen and oxygen atoms in total. The van der Waals surface area contributed by atoms with E-state index in [4.69, 9.17) is 10.9 Å². The van der Waals surface area contributed by atoms with Crippen LogP contribution in [-0.4, -0.2) is 42.0 Å². The summed E-state index contributed by atoms with van der Waals surface area (Å²) in [6.45, 7) is 3.97. The molecule has 1 heterocycles. The molecule has 0 atom stereocenters. The van der Waals surface area contributed by atoms with E-state index in [1.807, 2.05) is 0 Å². The van der Waals surface area contributed by atoms with E-state index in [0.29, 0.717) is 12.2 Å².